The molecule has 0 saturated carbocycles. The number of aromatic nitrogens is 1. The molecular formula is C8H15N3S. The molecule has 4 heteroatoms. The second kappa shape index (κ2) is 4.54. The van der Waals surface area contributed by atoms with Crippen LogP contribution in [0.1, 0.15) is 17.6 Å². The zero-order valence-electron chi connectivity index (χ0n) is 7.79. The molecule has 1 heterocycles. The lowest BCUT2D eigenvalue weighted by Crippen LogP contribution is -2.29. The summed E-state index contributed by atoms with van der Waals surface area (Å²) in [7, 11) is 3.96. The largest absolute Gasteiger partial charge is 0.250 e. The van der Waals surface area contributed by atoms with Gasteiger partial charge in [-0.3, -0.25) is 5.01 Å². The van der Waals surface area contributed by atoms with E-state index in [1.165, 1.54) is 5.01 Å². The first-order valence-corrected chi connectivity index (χ1v) is 4.94. The smallest absolute Gasteiger partial charge is 0.0926 e. The van der Waals surface area contributed by atoms with Gasteiger partial charge in [0, 0.05) is 19.5 Å². The van der Waals surface area contributed by atoms with Gasteiger partial charge in [-0.25, -0.2) is 10.4 Å². The van der Waals surface area contributed by atoms with Crippen molar-refractivity contribution in [3.63, 3.8) is 0 Å². The van der Waals surface area contributed by atoms with Gasteiger partial charge >= 0.3 is 0 Å². The van der Waals surface area contributed by atoms with Gasteiger partial charge in [0.1, 0.15) is 0 Å². The summed E-state index contributed by atoms with van der Waals surface area (Å²) in [5.41, 5.74) is 4.31. The predicted octanol–water partition coefficient (Wildman–Crippen LogP) is 1.27. The van der Waals surface area contributed by atoms with Crippen LogP contribution in [0.25, 0.3) is 0 Å². The lowest BCUT2D eigenvalue weighted by molar-refractivity contribution is 0.284. The van der Waals surface area contributed by atoms with Crippen molar-refractivity contribution in [3.8, 4) is 0 Å². The molecule has 0 amide bonds. The highest BCUT2D eigenvalue weighted by molar-refractivity contribution is 7.09. The van der Waals surface area contributed by atoms with Crippen molar-refractivity contribution < 1.29 is 0 Å². The molecule has 0 spiro atoms. The van der Waals surface area contributed by atoms with Gasteiger partial charge in [-0.1, -0.05) is 6.92 Å². The molecule has 1 N–H and O–H groups in total. The monoisotopic (exact) mass is 185 g/mol. The van der Waals surface area contributed by atoms with Crippen LogP contribution >= 0.6 is 11.3 Å². The average Bonchev–Trinajstić information content (AvgIpc) is 2.48. The van der Waals surface area contributed by atoms with E-state index in [0.717, 1.165) is 18.7 Å². The normalized spacial score (nSPS) is 11.0. The van der Waals surface area contributed by atoms with Gasteiger partial charge in [-0.2, -0.15) is 0 Å². The van der Waals surface area contributed by atoms with Gasteiger partial charge in [0.15, 0.2) is 0 Å². The van der Waals surface area contributed by atoms with E-state index >= 15 is 0 Å². The lowest BCUT2D eigenvalue weighted by atomic mass is 10.5. The van der Waals surface area contributed by atoms with Gasteiger partial charge in [-0.15, -0.1) is 11.3 Å². The van der Waals surface area contributed by atoms with Crippen molar-refractivity contribution in [3.05, 3.63) is 16.1 Å². The molecule has 0 aliphatic carbocycles. The fourth-order valence-corrected chi connectivity index (χ4v) is 1.58. The third-order valence-electron chi connectivity index (χ3n) is 1.48. The van der Waals surface area contributed by atoms with E-state index in [2.05, 4.69) is 22.7 Å². The maximum atomic E-state index is 4.43. The first-order chi connectivity index (χ1) is 5.72. The van der Waals surface area contributed by atoms with Crippen LogP contribution < -0.4 is 5.43 Å². The van der Waals surface area contributed by atoms with Crippen molar-refractivity contribution in [2.75, 3.05) is 14.1 Å². The van der Waals surface area contributed by atoms with Gasteiger partial charge in [0.25, 0.3) is 0 Å². The summed E-state index contributed by atoms with van der Waals surface area (Å²) in [6.45, 7) is 2.95. The van der Waals surface area contributed by atoms with Crippen molar-refractivity contribution in [2.45, 2.75) is 19.9 Å². The molecule has 12 heavy (non-hydrogen) atoms. The van der Waals surface area contributed by atoms with E-state index in [4.69, 9.17) is 0 Å². The second-order valence-electron chi connectivity index (χ2n) is 2.82. The lowest BCUT2D eigenvalue weighted by Gasteiger charge is -2.09. The molecule has 0 fully saturated rings. The summed E-state index contributed by atoms with van der Waals surface area (Å²) >= 11 is 1.73. The number of hydrogen-bond donors (Lipinski definition) is 1. The predicted molar refractivity (Wildman–Crippen MR) is 52.0 cm³/mol. The van der Waals surface area contributed by atoms with Crippen LogP contribution in [0.3, 0.4) is 0 Å². The maximum Gasteiger partial charge on any atom is 0.0926 e. The standard InChI is InChI=1S/C8H15N3S/c1-4-8-10-7(6-12-8)5-9-11(2)3/h6,9H,4-5H2,1-3H3. The number of thiazole rings is 1. The maximum absolute atomic E-state index is 4.43. The molecule has 0 unspecified atom stereocenters. The quantitative estimate of drug-likeness (QED) is 0.716. The Hall–Kier alpha value is -0.450. The van der Waals surface area contributed by atoms with E-state index in [9.17, 15) is 0 Å². The Balaban J connectivity index is 2.41. The zero-order valence-corrected chi connectivity index (χ0v) is 8.61. The Bertz CT molecular complexity index is 232. The average molecular weight is 185 g/mol. The van der Waals surface area contributed by atoms with Crippen LogP contribution in [0.5, 0.6) is 0 Å². The van der Waals surface area contributed by atoms with Gasteiger partial charge in [-0.05, 0) is 6.42 Å². The molecular weight excluding hydrogens is 170 g/mol. The summed E-state index contributed by atoms with van der Waals surface area (Å²) in [4.78, 5) is 4.43. The highest BCUT2D eigenvalue weighted by Gasteiger charge is 1.99. The van der Waals surface area contributed by atoms with Crippen molar-refractivity contribution >= 4 is 11.3 Å². The van der Waals surface area contributed by atoms with Crippen molar-refractivity contribution in [1.82, 2.24) is 15.4 Å². The van der Waals surface area contributed by atoms with Crippen LogP contribution in [0.4, 0.5) is 0 Å². The van der Waals surface area contributed by atoms with E-state index in [1.807, 2.05) is 19.1 Å². The third-order valence-corrected chi connectivity index (χ3v) is 2.52. The van der Waals surface area contributed by atoms with E-state index in [-0.39, 0.29) is 0 Å². The zero-order chi connectivity index (χ0) is 8.97. The molecule has 0 aliphatic heterocycles. The molecule has 0 saturated heterocycles. The topological polar surface area (TPSA) is 28.2 Å². The Labute approximate surface area is 77.4 Å². The Morgan fingerprint density at radius 2 is 2.33 bits per heavy atom. The minimum absolute atomic E-state index is 0.823. The summed E-state index contributed by atoms with van der Waals surface area (Å²) in [5, 5.41) is 5.26. The number of nitrogens with one attached hydrogen (secondary N) is 1. The Kier molecular flexibility index (Phi) is 3.65. The number of hydrogen-bond acceptors (Lipinski definition) is 4. The second-order valence-corrected chi connectivity index (χ2v) is 3.76. The molecule has 0 radical (unpaired) electrons. The molecule has 0 bridgehead atoms. The third kappa shape index (κ3) is 2.89. The first-order valence-electron chi connectivity index (χ1n) is 4.06. The number of rotatable bonds is 4. The minimum atomic E-state index is 0.823. The summed E-state index contributed by atoms with van der Waals surface area (Å²) in [6, 6.07) is 0. The van der Waals surface area contributed by atoms with Gasteiger partial charge < -0.3 is 0 Å². The Morgan fingerprint density at radius 3 is 2.83 bits per heavy atom. The summed E-state index contributed by atoms with van der Waals surface area (Å²) < 4.78 is 0. The Morgan fingerprint density at radius 1 is 1.58 bits per heavy atom. The fourth-order valence-electron chi connectivity index (χ4n) is 0.832. The van der Waals surface area contributed by atoms with Crippen molar-refractivity contribution in [1.29, 1.82) is 0 Å². The summed E-state index contributed by atoms with van der Waals surface area (Å²) in [5.74, 6) is 0. The highest BCUT2D eigenvalue weighted by atomic mass is 32.1. The molecule has 1 aromatic heterocycles. The fraction of sp³-hybridized carbons (Fsp3) is 0.625. The molecule has 68 valence electrons. The molecule has 1 aromatic rings. The molecule has 0 aliphatic rings. The van der Waals surface area contributed by atoms with E-state index < -0.39 is 0 Å². The number of hydrazine groups is 1. The summed E-state index contributed by atoms with van der Waals surface area (Å²) in [6.07, 6.45) is 1.03. The van der Waals surface area contributed by atoms with Crippen LogP contribution in [0.2, 0.25) is 0 Å². The molecule has 0 aromatic carbocycles. The van der Waals surface area contributed by atoms with Crippen LogP contribution in [-0.4, -0.2) is 24.1 Å². The van der Waals surface area contributed by atoms with Crippen LogP contribution in [0, 0.1) is 0 Å². The minimum Gasteiger partial charge on any atom is -0.250 e. The molecule has 0 atom stereocenters. The SMILES string of the molecule is CCc1nc(CNN(C)C)cs1. The number of nitrogens with zero attached hydrogens (tertiary/aromatic N) is 2. The molecule has 3 nitrogen and oxygen atoms in total. The van der Waals surface area contributed by atoms with Crippen LogP contribution in [-0.2, 0) is 13.0 Å². The highest BCUT2D eigenvalue weighted by Crippen LogP contribution is 2.09. The van der Waals surface area contributed by atoms with Crippen LogP contribution in [0.15, 0.2) is 5.38 Å². The van der Waals surface area contributed by atoms with E-state index in [1.54, 1.807) is 11.3 Å². The van der Waals surface area contributed by atoms with Gasteiger partial charge in [0.05, 0.1) is 17.2 Å². The number of aryl methyl sites for hydroxylation is 1. The van der Waals surface area contributed by atoms with Gasteiger partial charge in [0.2, 0.25) is 0 Å². The first kappa shape index (κ1) is 9.64. The van der Waals surface area contributed by atoms with Crippen molar-refractivity contribution in [2.24, 2.45) is 0 Å². The van der Waals surface area contributed by atoms with E-state index in [0.29, 0.717) is 0 Å². The molecule has 1 rings (SSSR count).